The van der Waals surface area contributed by atoms with Crippen LogP contribution < -0.4 is 10.1 Å². The van der Waals surface area contributed by atoms with Crippen LogP contribution in [0.25, 0.3) is 0 Å². The number of hydrogen-bond donors (Lipinski definition) is 3. The molecule has 1 aromatic heterocycles. The highest BCUT2D eigenvalue weighted by molar-refractivity contribution is 5.91. The van der Waals surface area contributed by atoms with Gasteiger partial charge in [-0.3, -0.25) is 14.8 Å². The number of carboxylic acid groups (broad SMARTS) is 1. The number of amides is 2. The molecule has 0 radical (unpaired) electrons. The van der Waals surface area contributed by atoms with Crippen LogP contribution in [0.5, 0.6) is 5.75 Å². The number of hydrogen-bond acceptors (Lipinski definition) is 4. The SMILES string of the molecule is COc1ccc(CC(=O)Nc2cc(C3CCC(N(CC(F)F)C(=O)O)C3)[nH]n2)cc1. The van der Waals surface area contributed by atoms with E-state index in [4.69, 9.17) is 4.74 Å². The summed E-state index contributed by atoms with van der Waals surface area (Å²) >= 11 is 0. The molecule has 162 valence electrons. The summed E-state index contributed by atoms with van der Waals surface area (Å²) < 4.78 is 30.4. The number of alkyl halides is 2. The maximum absolute atomic E-state index is 12.7. The minimum absolute atomic E-state index is 0.0331. The molecule has 2 amide bonds. The van der Waals surface area contributed by atoms with Gasteiger partial charge in [-0.25, -0.2) is 13.6 Å². The van der Waals surface area contributed by atoms with Crippen molar-refractivity contribution in [1.29, 1.82) is 0 Å². The van der Waals surface area contributed by atoms with E-state index in [9.17, 15) is 23.5 Å². The predicted octanol–water partition coefficient (Wildman–Crippen LogP) is 3.48. The molecule has 2 atom stereocenters. The second kappa shape index (κ2) is 9.55. The Hall–Kier alpha value is -3.17. The van der Waals surface area contributed by atoms with Crippen LogP contribution in [-0.2, 0) is 11.2 Å². The van der Waals surface area contributed by atoms with Gasteiger partial charge in [-0.15, -0.1) is 0 Å². The molecule has 0 aliphatic heterocycles. The molecule has 1 aliphatic rings. The summed E-state index contributed by atoms with van der Waals surface area (Å²) in [4.78, 5) is 24.4. The number of aromatic nitrogens is 2. The fraction of sp³-hybridized carbons (Fsp3) is 0.450. The summed E-state index contributed by atoms with van der Waals surface area (Å²) in [5.41, 5.74) is 1.58. The summed E-state index contributed by atoms with van der Waals surface area (Å²) in [5.74, 6) is 0.821. The molecule has 2 unspecified atom stereocenters. The minimum atomic E-state index is -2.71. The molecular formula is C20H24F2N4O4. The third-order valence-corrected chi connectivity index (χ3v) is 5.25. The number of H-pyrrole nitrogens is 1. The van der Waals surface area contributed by atoms with Crippen molar-refractivity contribution in [2.45, 2.75) is 44.1 Å². The number of carbonyl (C=O) groups is 2. The van der Waals surface area contributed by atoms with Gasteiger partial charge >= 0.3 is 6.09 Å². The average Bonchev–Trinajstić information content (AvgIpc) is 3.36. The Balaban J connectivity index is 1.55. The van der Waals surface area contributed by atoms with Gasteiger partial charge in [0.1, 0.15) is 5.75 Å². The third kappa shape index (κ3) is 5.46. The third-order valence-electron chi connectivity index (χ3n) is 5.25. The van der Waals surface area contributed by atoms with Crippen molar-refractivity contribution in [3.05, 3.63) is 41.6 Å². The second-order valence-corrected chi connectivity index (χ2v) is 7.27. The van der Waals surface area contributed by atoms with Crippen molar-refractivity contribution >= 4 is 17.8 Å². The Morgan fingerprint density at radius 2 is 2.07 bits per heavy atom. The first-order chi connectivity index (χ1) is 14.4. The van der Waals surface area contributed by atoms with Gasteiger partial charge in [-0.05, 0) is 37.0 Å². The Morgan fingerprint density at radius 3 is 2.70 bits per heavy atom. The zero-order chi connectivity index (χ0) is 21.7. The van der Waals surface area contributed by atoms with Crippen molar-refractivity contribution in [3.8, 4) is 5.75 Å². The van der Waals surface area contributed by atoms with E-state index >= 15 is 0 Å². The molecule has 3 N–H and O–H groups in total. The van der Waals surface area contributed by atoms with Crippen molar-refractivity contribution < 1.29 is 28.2 Å². The van der Waals surface area contributed by atoms with Gasteiger partial charge in [-0.2, -0.15) is 5.10 Å². The standard InChI is InChI=1S/C20H24F2N4O4/c1-30-15-6-2-12(3-7-15)8-19(27)23-18-10-16(24-25-18)13-4-5-14(9-13)26(20(28)29)11-17(21)22/h2-3,6-7,10,13-14,17H,4-5,8-9,11H2,1H3,(H,28,29)(H2,23,24,25,27). The van der Waals surface area contributed by atoms with Gasteiger partial charge in [0.05, 0.1) is 20.1 Å². The number of rotatable bonds is 8. The molecule has 3 rings (SSSR count). The van der Waals surface area contributed by atoms with Crippen LogP contribution in [-0.4, -0.2) is 58.3 Å². The zero-order valence-corrected chi connectivity index (χ0v) is 16.5. The lowest BCUT2D eigenvalue weighted by Gasteiger charge is -2.25. The highest BCUT2D eigenvalue weighted by Crippen LogP contribution is 2.37. The first-order valence-corrected chi connectivity index (χ1v) is 9.61. The van der Waals surface area contributed by atoms with Gasteiger partial charge in [-0.1, -0.05) is 12.1 Å². The van der Waals surface area contributed by atoms with Gasteiger partial charge in [0.2, 0.25) is 5.91 Å². The molecule has 0 saturated heterocycles. The van der Waals surface area contributed by atoms with Crippen LogP contribution in [0.15, 0.2) is 30.3 Å². The Morgan fingerprint density at radius 1 is 1.33 bits per heavy atom. The molecule has 2 aromatic rings. The van der Waals surface area contributed by atoms with E-state index in [0.717, 1.165) is 16.2 Å². The number of anilines is 1. The number of aromatic amines is 1. The Bertz CT molecular complexity index is 872. The van der Waals surface area contributed by atoms with E-state index in [1.165, 1.54) is 0 Å². The first kappa shape index (κ1) is 21.5. The molecule has 10 heteroatoms. The fourth-order valence-electron chi connectivity index (χ4n) is 3.78. The van der Waals surface area contributed by atoms with Gasteiger partial charge < -0.3 is 15.2 Å². The highest BCUT2D eigenvalue weighted by atomic mass is 19.3. The Labute approximate surface area is 172 Å². The zero-order valence-electron chi connectivity index (χ0n) is 16.5. The quantitative estimate of drug-likeness (QED) is 0.604. The van der Waals surface area contributed by atoms with Gasteiger partial charge in [0.25, 0.3) is 6.43 Å². The van der Waals surface area contributed by atoms with E-state index in [1.807, 2.05) is 0 Å². The molecule has 1 aliphatic carbocycles. The smallest absolute Gasteiger partial charge is 0.407 e. The van der Waals surface area contributed by atoms with Crippen LogP contribution in [0.1, 0.15) is 36.4 Å². The fourth-order valence-corrected chi connectivity index (χ4v) is 3.78. The molecule has 1 fully saturated rings. The molecule has 1 saturated carbocycles. The molecule has 30 heavy (non-hydrogen) atoms. The van der Waals surface area contributed by atoms with E-state index in [0.29, 0.717) is 30.8 Å². The van der Waals surface area contributed by atoms with Crippen molar-refractivity contribution in [2.75, 3.05) is 19.0 Å². The van der Waals surface area contributed by atoms with Crippen LogP contribution >= 0.6 is 0 Å². The van der Waals surface area contributed by atoms with E-state index in [-0.39, 0.29) is 18.2 Å². The average molecular weight is 422 g/mol. The summed E-state index contributed by atoms with van der Waals surface area (Å²) in [7, 11) is 1.57. The number of benzene rings is 1. The molecule has 0 bridgehead atoms. The number of nitrogens with one attached hydrogen (secondary N) is 2. The molecule has 8 nitrogen and oxygen atoms in total. The topological polar surface area (TPSA) is 108 Å². The number of halogens is 2. The summed E-state index contributed by atoms with van der Waals surface area (Å²) in [5, 5.41) is 18.9. The van der Waals surface area contributed by atoms with Gasteiger partial charge in [0.15, 0.2) is 5.82 Å². The molecular weight excluding hydrogens is 398 g/mol. The van der Waals surface area contributed by atoms with Crippen LogP contribution in [0.2, 0.25) is 0 Å². The lowest BCUT2D eigenvalue weighted by Crippen LogP contribution is -2.41. The van der Waals surface area contributed by atoms with E-state index in [1.54, 1.807) is 37.4 Å². The molecule has 1 heterocycles. The first-order valence-electron chi connectivity index (χ1n) is 9.61. The highest BCUT2D eigenvalue weighted by Gasteiger charge is 2.34. The lowest BCUT2D eigenvalue weighted by molar-refractivity contribution is -0.115. The normalized spacial score (nSPS) is 18.4. The van der Waals surface area contributed by atoms with E-state index in [2.05, 4.69) is 15.5 Å². The minimum Gasteiger partial charge on any atom is -0.497 e. The monoisotopic (exact) mass is 422 g/mol. The van der Waals surface area contributed by atoms with Crippen molar-refractivity contribution in [2.24, 2.45) is 0 Å². The van der Waals surface area contributed by atoms with E-state index < -0.39 is 25.1 Å². The summed E-state index contributed by atoms with van der Waals surface area (Å²) in [6.07, 6.45) is -2.28. The summed E-state index contributed by atoms with van der Waals surface area (Å²) in [6, 6.07) is 8.41. The maximum Gasteiger partial charge on any atom is 0.407 e. The number of ether oxygens (including phenoxy) is 1. The number of carbonyl (C=O) groups excluding carboxylic acids is 1. The Kier molecular flexibility index (Phi) is 6.86. The largest absolute Gasteiger partial charge is 0.497 e. The van der Waals surface area contributed by atoms with Crippen LogP contribution in [0, 0.1) is 0 Å². The lowest BCUT2D eigenvalue weighted by atomic mass is 10.0. The number of methoxy groups -OCH3 is 1. The van der Waals surface area contributed by atoms with Crippen LogP contribution in [0.4, 0.5) is 19.4 Å². The predicted molar refractivity (Wildman–Crippen MR) is 105 cm³/mol. The molecule has 1 aromatic carbocycles. The van der Waals surface area contributed by atoms with Crippen molar-refractivity contribution in [3.63, 3.8) is 0 Å². The second-order valence-electron chi connectivity index (χ2n) is 7.27. The summed E-state index contributed by atoms with van der Waals surface area (Å²) in [6.45, 7) is -0.789. The van der Waals surface area contributed by atoms with Crippen LogP contribution in [0.3, 0.4) is 0 Å². The van der Waals surface area contributed by atoms with Gasteiger partial charge in [0, 0.05) is 23.7 Å². The van der Waals surface area contributed by atoms with Crippen molar-refractivity contribution in [1.82, 2.24) is 15.1 Å². The molecule has 0 spiro atoms. The number of nitrogens with zero attached hydrogens (tertiary/aromatic N) is 2. The maximum atomic E-state index is 12.7.